The van der Waals surface area contributed by atoms with E-state index in [0.717, 1.165) is 27.1 Å². The Morgan fingerprint density at radius 2 is 1.92 bits per heavy atom. The minimum Gasteiger partial charge on any atom is -0.332 e. The van der Waals surface area contributed by atoms with Gasteiger partial charge >= 0.3 is 0 Å². The Morgan fingerprint density at radius 1 is 1.15 bits per heavy atom. The second-order valence-electron chi connectivity index (χ2n) is 5.90. The summed E-state index contributed by atoms with van der Waals surface area (Å²) < 4.78 is 16.7. The maximum absolute atomic E-state index is 13.7. The first kappa shape index (κ1) is 18.5. The lowest BCUT2D eigenvalue weighted by Crippen LogP contribution is -2.19. The molecule has 2 N–H and O–H groups in total. The molecule has 0 unspecified atom stereocenters. The summed E-state index contributed by atoms with van der Waals surface area (Å²) in [6, 6.07) is 14.3. The Morgan fingerprint density at radius 3 is 2.62 bits per heavy atom. The highest BCUT2D eigenvalue weighted by Gasteiger charge is 2.09. The van der Waals surface area contributed by atoms with Gasteiger partial charge in [0.15, 0.2) is 5.11 Å². The summed E-state index contributed by atoms with van der Waals surface area (Å²) in [6.45, 7) is 4.65. The van der Waals surface area contributed by atoms with Gasteiger partial charge < -0.3 is 10.6 Å². The number of nitrogens with one attached hydrogen (secondary N) is 2. The number of aryl methyl sites for hydroxylation is 1. The molecule has 4 nitrogen and oxygen atoms in total. The van der Waals surface area contributed by atoms with Crippen molar-refractivity contribution in [3.63, 3.8) is 0 Å². The van der Waals surface area contributed by atoms with E-state index in [0.29, 0.717) is 17.3 Å². The van der Waals surface area contributed by atoms with E-state index in [4.69, 9.17) is 12.2 Å². The number of nitrogens with zero attached hydrogens (tertiary/aromatic N) is 2. The van der Waals surface area contributed by atoms with Gasteiger partial charge in [0.25, 0.3) is 0 Å². The van der Waals surface area contributed by atoms with E-state index in [1.165, 1.54) is 6.07 Å². The van der Waals surface area contributed by atoms with E-state index >= 15 is 0 Å². The molecule has 0 aliphatic carbocycles. The van der Waals surface area contributed by atoms with Crippen molar-refractivity contribution < 1.29 is 4.39 Å². The van der Waals surface area contributed by atoms with Crippen LogP contribution in [0.1, 0.15) is 17.0 Å². The zero-order chi connectivity index (χ0) is 18.7. The Bertz CT molecular complexity index is 954. The summed E-state index contributed by atoms with van der Waals surface area (Å²) in [5, 5.41) is 10.8. The van der Waals surface area contributed by atoms with E-state index in [2.05, 4.69) is 31.7 Å². The Labute approximate surface area is 165 Å². The number of aromatic nitrogens is 2. The molecule has 2 aromatic carbocycles. The number of anilines is 2. The van der Waals surface area contributed by atoms with E-state index in [9.17, 15) is 4.39 Å². The molecule has 0 aliphatic rings. The number of para-hydroxylation sites is 1. The third kappa shape index (κ3) is 4.28. The molecular weight excluding hydrogens is 415 g/mol. The van der Waals surface area contributed by atoms with Crippen molar-refractivity contribution in [3.05, 3.63) is 75.8 Å². The van der Waals surface area contributed by atoms with Gasteiger partial charge in [0.05, 0.1) is 28.1 Å². The van der Waals surface area contributed by atoms with E-state index in [-0.39, 0.29) is 5.82 Å². The second kappa shape index (κ2) is 7.97. The van der Waals surface area contributed by atoms with Gasteiger partial charge in [-0.15, -0.1) is 0 Å². The standard InChI is InChI=1S/C19H18BrFN4S/c1-12-18(20)13(2)25(24-12)11-14-6-5-7-15(10-14)22-19(26)23-17-9-4-3-8-16(17)21/h3-10H,11H2,1-2H3,(H2,22,23,26). The topological polar surface area (TPSA) is 41.9 Å². The third-order valence-corrected chi connectivity index (χ3v) is 5.28. The fourth-order valence-corrected chi connectivity index (χ4v) is 3.11. The van der Waals surface area contributed by atoms with E-state index in [1.807, 2.05) is 42.8 Å². The van der Waals surface area contributed by atoms with Crippen LogP contribution in [-0.4, -0.2) is 14.9 Å². The van der Waals surface area contributed by atoms with Crippen LogP contribution in [-0.2, 0) is 6.54 Å². The molecular formula is C19H18BrFN4S. The summed E-state index contributed by atoms with van der Waals surface area (Å²) >= 11 is 8.83. The quantitative estimate of drug-likeness (QED) is 0.551. The number of halogens is 2. The van der Waals surface area contributed by atoms with Gasteiger partial charge in [-0.2, -0.15) is 5.10 Å². The molecule has 1 heterocycles. The average molecular weight is 433 g/mol. The zero-order valence-electron chi connectivity index (χ0n) is 14.4. The molecule has 0 spiro atoms. The van der Waals surface area contributed by atoms with Gasteiger partial charge in [-0.25, -0.2) is 4.39 Å². The van der Waals surface area contributed by atoms with Crippen LogP contribution in [0, 0.1) is 19.7 Å². The fraction of sp³-hybridized carbons (Fsp3) is 0.158. The van der Waals surface area contributed by atoms with Crippen LogP contribution in [0.3, 0.4) is 0 Å². The van der Waals surface area contributed by atoms with Crippen molar-refractivity contribution in [1.82, 2.24) is 9.78 Å². The predicted octanol–water partition coefficient (Wildman–Crippen LogP) is 5.26. The summed E-state index contributed by atoms with van der Waals surface area (Å²) in [7, 11) is 0. The van der Waals surface area contributed by atoms with Gasteiger partial charge in [-0.3, -0.25) is 4.68 Å². The normalized spacial score (nSPS) is 10.6. The second-order valence-corrected chi connectivity index (χ2v) is 7.10. The van der Waals surface area contributed by atoms with Crippen molar-refractivity contribution in [2.24, 2.45) is 0 Å². The number of benzene rings is 2. The Hall–Kier alpha value is -2.25. The van der Waals surface area contributed by atoms with Gasteiger partial charge in [0.2, 0.25) is 0 Å². The van der Waals surface area contributed by atoms with Crippen LogP contribution in [0.2, 0.25) is 0 Å². The smallest absolute Gasteiger partial charge is 0.175 e. The van der Waals surface area contributed by atoms with Crippen LogP contribution in [0.5, 0.6) is 0 Å². The maximum Gasteiger partial charge on any atom is 0.175 e. The predicted molar refractivity (Wildman–Crippen MR) is 111 cm³/mol. The molecule has 134 valence electrons. The van der Waals surface area contributed by atoms with Crippen LogP contribution in [0.25, 0.3) is 0 Å². The van der Waals surface area contributed by atoms with E-state index < -0.39 is 0 Å². The third-order valence-electron chi connectivity index (χ3n) is 3.93. The molecule has 0 atom stereocenters. The molecule has 3 rings (SSSR count). The van der Waals surface area contributed by atoms with E-state index in [1.54, 1.807) is 18.2 Å². The van der Waals surface area contributed by atoms with Gasteiger partial charge in [-0.05, 0) is 71.8 Å². The highest BCUT2D eigenvalue weighted by molar-refractivity contribution is 9.10. The maximum atomic E-state index is 13.7. The fourth-order valence-electron chi connectivity index (χ4n) is 2.60. The van der Waals surface area contributed by atoms with Crippen LogP contribution < -0.4 is 10.6 Å². The molecule has 0 fully saturated rings. The number of hydrogen-bond acceptors (Lipinski definition) is 2. The van der Waals surface area contributed by atoms with Crippen molar-refractivity contribution in [2.75, 3.05) is 10.6 Å². The SMILES string of the molecule is Cc1nn(Cc2cccc(NC(=S)Nc3ccccc3F)c2)c(C)c1Br. The molecule has 0 aliphatic heterocycles. The lowest BCUT2D eigenvalue weighted by atomic mass is 10.2. The Kier molecular flexibility index (Phi) is 5.68. The first-order valence-electron chi connectivity index (χ1n) is 8.05. The van der Waals surface area contributed by atoms with Gasteiger partial charge in [0, 0.05) is 5.69 Å². The Balaban J connectivity index is 1.70. The molecule has 0 bridgehead atoms. The first-order valence-corrected chi connectivity index (χ1v) is 9.25. The van der Waals surface area contributed by atoms with Crippen molar-refractivity contribution in [2.45, 2.75) is 20.4 Å². The summed E-state index contributed by atoms with van der Waals surface area (Å²) in [5.74, 6) is -0.347. The number of thiocarbonyl (C=S) groups is 1. The summed E-state index contributed by atoms with van der Waals surface area (Å²) in [4.78, 5) is 0. The zero-order valence-corrected chi connectivity index (χ0v) is 16.8. The summed E-state index contributed by atoms with van der Waals surface area (Å²) in [6.07, 6.45) is 0. The summed E-state index contributed by atoms with van der Waals surface area (Å²) in [5.41, 5.74) is 4.30. The van der Waals surface area contributed by atoms with Gasteiger partial charge in [-0.1, -0.05) is 24.3 Å². The molecule has 3 aromatic rings. The number of hydrogen-bond donors (Lipinski definition) is 2. The monoisotopic (exact) mass is 432 g/mol. The van der Waals surface area contributed by atoms with Crippen molar-refractivity contribution in [1.29, 1.82) is 0 Å². The largest absolute Gasteiger partial charge is 0.332 e. The molecule has 7 heteroatoms. The lowest BCUT2D eigenvalue weighted by molar-refractivity contribution is 0.632. The minimum absolute atomic E-state index is 0.334. The molecule has 0 saturated heterocycles. The van der Waals surface area contributed by atoms with Crippen molar-refractivity contribution in [3.8, 4) is 0 Å². The molecule has 1 aromatic heterocycles. The van der Waals surface area contributed by atoms with Crippen LogP contribution in [0.4, 0.5) is 15.8 Å². The lowest BCUT2D eigenvalue weighted by Gasteiger charge is -2.12. The molecule has 26 heavy (non-hydrogen) atoms. The number of rotatable bonds is 4. The highest BCUT2D eigenvalue weighted by Crippen LogP contribution is 2.21. The van der Waals surface area contributed by atoms with Crippen molar-refractivity contribution >= 4 is 44.6 Å². The van der Waals surface area contributed by atoms with Crippen LogP contribution >= 0.6 is 28.1 Å². The molecule has 0 amide bonds. The highest BCUT2D eigenvalue weighted by atomic mass is 79.9. The minimum atomic E-state index is -0.347. The average Bonchev–Trinajstić information content (AvgIpc) is 2.84. The molecule has 0 saturated carbocycles. The van der Waals surface area contributed by atoms with Gasteiger partial charge in [0.1, 0.15) is 5.82 Å². The first-order chi connectivity index (χ1) is 12.4. The van der Waals surface area contributed by atoms with Crippen LogP contribution in [0.15, 0.2) is 53.0 Å². The molecule has 0 radical (unpaired) electrons.